The van der Waals surface area contributed by atoms with Crippen molar-refractivity contribution >= 4 is 23.6 Å². The first kappa shape index (κ1) is 37.8. The van der Waals surface area contributed by atoms with Crippen molar-refractivity contribution in [1.82, 2.24) is 5.32 Å². The average molecular weight is 720 g/mol. The number of ketones is 1. The fraction of sp³-hybridized carbons (Fsp3) is 0.550. The Labute approximate surface area is 303 Å². The summed E-state index contributed by atoms with van der Waals surface area (Å²) < 4.78 is 18.1. The van der Waals surface area contributed by atoms with Gasteiger partial charge in [0, 0.05) is 30.6 Å². The number of nitrogens with one attached hydrogen (secondary N) is 1. The third-order valence-corrected chi connectivity index (χ3v) is 12.8. The zero-order valence-electron chi connectivity index (χ0n) is 30.4. The number of aliphatic hydroxyl groups is 4. The normalized spacial score (nSPS) is 36.3. The summed E-state index contributed by atoms with van der Waals surface area (Å²) in [5, 5.41) is 50.8. The molecule has 280 valence electrons. The second-order valence-electron chi connectivity index (χ2n) is 16.0. The van der Waals surface area contributed by atoms with Crippen LogP contribution in [-0.2, 0) is 28.6 Å². The van der Waals surface area contributed by atoms with E-state index in [1.54, 1.807) is 88.4 Å². The molecule has 2 aromatic carbocycles. The van der Waals surface area contributed by atoms with E-state index in [1.165, 1.54) is 6.92 Å². The third-order valence-electron chi connectivity index (χ3n) is 12.8. The smallest absolute Gasteiger partial charge is 0.338 e. The highest BCUT2D eigenvalue weighted by Crippen LogP contribution is 2.63. The first-order valence-corrected chi connectivity index (χ1v) is 17.8. The summed E-state index contributed by atoms with van der Waals surface area (Å²) in [7, 11) is 0. The highest BCUT2D eigenvalue weighted by Gasteiger charge is 2.70. The Morgan fingerprint density at radius 1 is 0.942 bits per heavy atom. The van der Waals surface area contributed by atoms with E-state index in [-0.39, 0.29) is 42.6 Å². The van der Waals surface area contributed by atoms with Gasteiger partial charge in [-0.25, -0.2) is 9.59 Å². The van der Waals surface area contributed by atoms with Crippen LogP contribution in [0.1, 0.15) is 82.8 Å². The number of carbonyl (C=O) groups is 4. The van der Waals surface area contributed by atoms with Gasteiger partial charge in [0.25, 0.3) is 0 Å². The number of esters is 2. The number of benzene rings is 2. The van der Waals surface area contributed by atoms with E-state index in [1.807, 2.05) is 6.92 Å². The zero-order valence-corrected chi connectivity index (χ0v) is 30.4. The summed E-state index contributed by atoms with van der Waals surface area (Å²) in [6.45, 7) is 9.94. The van der Waals surface area contributed by atoms with Gasteiger partial charge in [-0.1, -0.05) is 69.3 Å². The molecule has 5 N–H and O–H groups in total. The summed E-state index contributed by atoms with van der Waals surface area (Å²) >= 11 is 0. The van der Waals surface area contributed by atoms with Crippen LogP contribution in [0.25, 0.3) is 0 Å². The molecule has 2 aromatic rings. The van der Waals surface area contributed by atoms with Crippen LogP contribution in [0, 0.1) is 22.2 Å². The molecule has 0 spiro atoms. The van der Waals surface area contributed by atoms with Crippen LogP contribution < -0.4 is 5.32 Å². The number of Topliss-reactive ketones (excluding diaryl/α,β-unsaturated/α-hetero) is 1. The van der Waals surface area contributed by atoms with Gasteiger partial charge >= 0.3 is 11.9 Å². The Kier molecular flexibility index (Phi) is 9.80. The van der Waals surface area contributed by atoms with Crippen LogP contribution >= 0.6 is 0 Å². The molecule has 2 bridgehead atoms. The first-order chi connectivity index (χ1) is 24.4. The molecule has 11 atom stereocenters. The van der Waals surface area contributed by atoms with E-state index < -0.39 is 94.1 Å². The van der Waals surface area contributed by atoms with Crippen molar-refractivity contribution in [2.75, 3.05) is 6.61 Å². The topological polar surface area (TPSA) is 189 Å². The average Bonchev–Trinajstić information content (AvgIpc) is 3.11. The molecule has 1 heterocycles. The van der Waals surface area contributed by atoms with Gasteiger partial charge in [-0.15, -0.1) is 0 Å². The molecule has 12 heteroatoms. The molecule has 0 aromatic heterocycles. The number of ether oxygens (including phenoxy) is 3. The number of carbonyl (C=O) groups excluding carboxylic acids is 4. The Morgan fingerprint density at radius 3 is 2.13 bits per heavy atom. The van der Waals surface area contributed by atoms with Crippen molar-refractivity contribution < 1.29 is 53.8 Å². The zero-order chi connectivity index (χ0) is 38.0. The van der Waals surface area contributed by atoms with Crippen molar-refractivity contribution in [1.29, 1.82) is 0 Å². The number of fused-ring (bicyclic) bond motifs is 5. The van der Waals surface area contributed by atoms with Crippen molar-refractivity contribution in [2.24, 2.45) is 22.2 Å². The van der Waals surface area contributed by atoms with Crippen LogP contribution in [-0.4, -0.2) is 92.9 Å². The molecule has 4 aliphatic rings. The van der Waals surface area contributed by atoms with E-state index >= 15 is 0 Å². The van der Waals surface area contributed by atoms with E-state index in [0.29, 0.717) is 5.56 Å². The highest BCUT2D eigenvalue weighted by molar-refractivity contribution is 5.93. The summed E-state index contributed by atoms with van der Waals surface area (Å²) in [5.41, 5.74) is -4.75. The minimum atomic E-state index is -2.07. The molecular weight excluding hydrogens is 670 g/mol. The van der Waals surface area contributed by atoms with Crippen LogP contribution in [0.15, 0.2) is 71.8 Å². The Balaban J connectivity index is 1.47. The van der Waals surface area contributed by atoms with Crippen LogP contribution in [0.5, 0.6) is 0 Å². The summed E-state index contributed by atoms with van der Waals surface area (Å²) in [4.78, 5) is 54.5. The monoisotopic (exact) mass is 719 g/mol. The molecule has 1 saturated heterocycles. The number of hydrogen-bond acceptors (Lipinski definition) is 11. The maximum Gasteiger partial charge on any atom is 0.338 e. The molecule has 3 aliphatic carbocycles. The van der Waals surface area contributed by atoms with Crippen LogP contribution in [0.2, 0.25) is 0 Å². The largest absolute Gasteiger partial charge is 0.456 e. The summed E-state index contributed by atoms with van der Waals surface area (Å²) in [6.07, 6.45) is -8.29. The van der Waals surface area contributed by atoms with E-state index in [0.717, 1.165) is 0 Å². The molecule has 1 amide bonds. The molecule has 3 fully saturated rings. The fourth-order valence-corrected chi connectivity index (χ4v) is 9.47. The quantitative estimate of drug-likeness (QED) is 0.209. The summed E-state index contributed by atoms with van der Waals surface area (Å²) in [5.74, 6) is -3.74. The van der Waals surface area contributed by atoms with Gasteiger partial charge in [-0.05, 0) is 55.0 Å². The maximum atomic E-state index is 14.7. The molecule has 2 saturated carbocycles. The van der Waals surface area contributed by atoms with Gasteiger partial charge in [0.15, 0.2) is 11.9 Å². The lowest BCUT2D eigenvalue weighted by atomic mass is 9.48. The lowest BCUT2D eigenvalue weighted by Crippen LogP contribution is -2.69. The fourth-order valence-electron chi connectivity index (χ4n) is 9.47. The number of hydrogen-bond donors (Lipinski definition) is 5. The second kappa shape index (κ2) is 13.5. The molecule has 0 radical (unpaired) electrons. The minimum absolute atomic E-state index is 0.0620. The molecular formula is C40H49NO11. The van der Waals surface area contributed by atoms with Gasteiger partial charge in [0.05, 0.1) is 35.8 Å². The Bertz CT molecular complexity index is 1760. The molecule has 6 rings (SSSR count). The van der Waals surface area contributed by atoms with Crippen LogP contribution in [0.4, 0.5) is 0 Å². The van der Waals surface area contributed by atoms with Crippen molar-refractivity contribution in [3.63, 3.8) is 0 Å². The minimum Gasteiger partial charge on any atom is -0.456 e. The van der Waals surface area contributed by atoms with E-state index in [2.05, 4.69) is 5.32 Å². The van der Waals surface area contributed by atoms with Crippen molar-refractivity contribution in [3.05, 3.63) is 82.9 Å². The Hall–Kier alpha value is -3.94. The molecule has 1 aliphatic heterocycles. The number of rotatable bonds is 7. The lowest BCUT2D eigenvalue weighted by molar-refractivity contribution is -0.280. The predicted molar refractivity (Wildman–Crippen MR) is 186 cm³/mol. The van der Waals surface area contributed by atoms with Crippen LogP contribution in [0.3, 0.4) is 0 Å². The SMILES string of the molecule is CC(=O)N[C@@H](c1ccccc1)[C@@H](O)C(=O)O[C@H]1C[C@@]2(O)[C@@H](OC(=O)c3ccccc3)CC3C(C)(C(=O)[C@H](O)C(=C1C)C2(C)C)[C@@H](O)CC1OC[C@]13C. The maximum absolute atomic E-state index is 14.7. The first-order valence-electron chi connectivity index (χ1n) is 17.8. The standard InChI is InChI=1S/C40H49NO11/c1-21-25(51-36(48)33(45)31(41-22(2)42)23-13-9-7-10-14-23)19-40(49)29(52-35(47)24-15-11-8-12-16-24)17-26-38(5)20-50-28(38)18-27(43)39(26,6)34(46)32(44)30(21)37(40,3)4/h7-16,25-29,31-33,43-45,49H,17-20H2,1-6H3,(H,41,42)/t25-,26?,27-,28?,29-,31-,32+,33+,38-,39?,40+/m0/s1. The van der Waals surface area contributed by atoms with Crippen molar-refractivity contribution in [2.45, 2.75) is 109 Å². The molecule has 12 nitrogen and oxygen atoms in total. The van der Waals surface area contributed by atoms with E-state index in [9.17, 15) is 39.6 Å². The van der Waals surface area contributed by atoms with Gasteiger partial charge in [-0.2, -0.15) is 0 Å². The van der Waals surface area contributed by atoms with Gasteiger partial charge in [0.2, 0.25) is 5.91 Å². The summed E-state index contributed by atoms with van der Waals surface area (Å²) in [6, 6.07) is 15.5. The highest BCUT2D eigenvalue weighted by atomic mass is 16.6. The lowest BCUT2D eigenvalue weighted by Gasteiger charge is -2.62. The number of amides is 1. The Morgan fingerprint density at radius 2 is 1.56 bits per heavy atom. The number of aliphatic hydroxyl groups excluding tert-OH is 3. The second-order valence-corrected chi connectivity index (χ2v) is 16.0. The third kappa shape index (κ3) is 5.89. The van der Waals surface area contributed by atoms with E-state index in [4.69, 9.17) is 14.2 Å². The van der Waals surface area contributed by atoms with Gasteiger partial charge in [-0.3, -0.25) is 9.59 Å². The van der Waals surface area contributed by atoms with Gasteiger partial charge < -0.3 is 40.0 Å². The van der Waals surface area contributed by atoms with Crippen molar-refractivity contribution in [3.8, 4) is 0 Å². The van der Waals surface area contributed by atoms with Gasteiger partial charge in [0.1, 0.15) is 23.9 Å². The molecule has 52 heavy (non-hydrogen) atoms. The molecule has 3 unspecified atom stereocenters. The predicted octanol–water partition coefficient (Wildman–Crippen LogP) is 2.97.